The molecule has 0 saturated heterocycles. The number of allylic oxidation sites excluding steroid dienone is 1. The summed E-state index contributed by atoms with van der Waals surface area (Å²) in [5, 5.41) is 3.29. The molecule has 1 N–H and O–H groups in total. The summed E-state index contributed by atoms with van der Waals surface area (Å²) in [6, 6.07) is 10.1. The SMILES string of the molecule is CCSC(=S)/C=C(/C)Nc1ccccc1. The minimum Gasteiger partial charge on any atom is -0.359 e. The van der Waals surface area contributed by atoms with Gasteiger partial charge in [0.1, 0.15) is 0 Å². The molecule has 3 heteroatoms. The molecule has 0 aliphatic heterocycles. The molecular formula is C12H15NS2. The molecule has 15 heavy (non-hydrogen) atoms. The largest absolute Gasteiger partial charge is 0.359 e. The summed E-state index contributed by atoms with van der Waals surface area (Å²) >= 11 is 6.88. The van der Waals surface area contributed by atoms with E-state index in [1.165, 1.54) is 0 Å². The van der Waals surface area contributed by atoms with Gasteiger partial charge in [-0.05, 0) is 30.9 Å². The van der Waals surface area contributed by atoms with Crippen molar-refractivity contribution in [1.29, 1.82) is 0 Å². The summed E-state index contributed by atoms with van der Waals surface area (Å²) in [6.45, 7) is 4.13. The summed E-state index contributed by atoms with van der Waals surface area (Å²) in [6.07, 6.45) is 2.00. The van der Waals surface area contributed by atoms with Crippen LogP contribution in [0.25, 0.3) is 0 Å². The molecule has 0 radical (unpaired) electrons. The zero-order chi connectivity index (χ0) is 11.1. The molecule has 1 aromatic carbocycles. The van der Waals surface area contributed by atoms with Crippen LogP contribution in [-0.4, -0.2) is 9.95 Å². The van der Waals surface area contributed by atoms with Crippen LogP contribution >= 0.6 is 24.0 Å². The van der Waals surface area contributed by atoms with Crippen molar-refractivity contribution in [2.75, 3.05) is 11.1 Å². The van der Waals surface area contributed by atoms with Crippen molar-refractivity contribution in [2.24, 2.45) is 0 Å². The number of para-hydroxylation sites is 1. The predicted octanol–water partition coefficient (Wildman–Crippen LogP) is 4.08. The number of hydrogen-bond donors (Lipinski definition) is 1. The van der Waals surface area contributed by atoms with E-state index in [4.69, 9.17) is 12.2 Å². The summed E-state index contributed by atoms with van der Waals surface area (Å²) in [5.41, 5.74) is 2.17. The minimum atomic E-state index is 0.929. The van der Waals surface area contributed by atoms with E-state index in [9.17, 15) is 0 Å². The maximum Gasteiger partial charge on any atom is 0.0722 e. The molecule has 0 aromatic heterocycles. The van der Waals surface area contributed by atoms with Crippen molar-refractivity contribution in [3.05, 3.63) is 42.1 Å². The van der Waals surface area contributed by atoms with Gasteiger partial charge in [-0.25, -0.2) is 0 Å². The van der Waals surface area contributed by atoms with Crippen molar-refractivity contribution >= 4 is 33.9 Å². The lowest BCUT2D eigenvalue weighted by atomic mass is 10.3. The topological polar surface area (TPSA) is 12.0 Å². The molecule has 0 bridgehead atoms. The predicted molar refractivity (Wildman–Crippen MR) is 74.6 cm³/mol. The Balaban J connectivity index is 2.55. The number of thiocarbonyl (C=S) groups is 1. The zero-order valence-corrected chi connectivity index (χ0v) is 10.6. The second kappa shape index (κ2) is 6.64. The van der Waals surface area contributed by atoms with Gasteiger partial charge in [0, 0.05) is 11.4 Å². The highest BCUT2D eigenvalue weighted by Crippen LogP contribution is 2.11. The molecule has 0 atom stereocenters. The van der Waals surface area contributed by atoms with Crippen LogP contribution in [0.2, 0.25) is 0 Å². The van der Waals surface area contributed by atoms with Crippen LogP contribution in [0.3, 0.4) is 0 Å². The molecule has 1 rings (SSSR count). The average molecular weight is 237 g/mol. The monoisotopic (exact) mass is 237 g/mol. The van der Waals surface area contributed by atoms with E-state index in [2.05, 4.69) is 12.2 Å². The molecule has 0 unspecified atom stereocenters. The van der Waals surface area contributed by atoms with E-state index < -0.39 is 0 Å². The van der Waals surface area contributed by atoms with Crippen LogP contribution < -0.4 is 5.32 Å². The first-order valence-electron chi connectivity index (χ1n) is 4.89. The van der Waals surface area contributed by atoms with Gasteiger partial charge in [0.05, 0.1) is 4.20 Å². The van der Waals surface area contributed by atoms with Gasteiger partial charge >= 0.3 is 0 Å². The molecule has 0 spiro atoms. The Kier molecular flexibility index (Phi) is 5.43. The van der Waals surface area contributed by atoms with Gasteiger partial charge < -0.3 is 5.32 Å². The molecule has 0 saturated carbocycles. The average Bonchev–Trinajstić information content (AvgIpc) is 2.19. The van der Waals surface area contributed by atoms with Gasteiger partial charge in [-0.3, -0.25) is 0 Å². The van der Waals surface area contributed by atoms with Gasteiger partial charge in [-0.1, -0.05) is 37.3 Å². The Labute approximate surface area is 101 Å². The first-order chi connectivity index (χ1) is 7.22. The molecule has 1 aromatic rings. The third-order valence-electron chi connectivity index (χ3n) is 1.74. The second-order valence-electron chi connectivity index (χ2n) is 3.07. The van der Waals surface area contributed by atoms with E-state index >= 15 is 0 Å². The fourth-order valence-electron chi connectivity index (χ4n) is 1.15. The van der Waals surface area contributed by atoms with Crippen molar-refractivity contribution in [3.8, 4) is 0 Å². The third-order valence-corrected chi connectivity index (χ3v) is 2.90. The maximum absolute atomic E-state index is 5.19. The number of anilines is 1. The molecule has 80 valence electrons. The van der Waals surface area contributed by atoms with Crippen LogP contribution in [-0.2, 0) is 0 Å². The highest BCUT2D eigenvalue weighted by molar-refractivity contribution is 8.23. The lowest BCUT2D eigenvalue weighted by Gasteiger charge is -2.06. The summed E-state index contributed by atoms with van der Waals surface area (Å²) in [7, 11) is 0. The highest BCUT2D eigenvalue weighted by atomic mass is 32.2. The van der Waals surface area contributed by atoms with E-state index in [-0.39, 0.29) is 0 Å². The van der Waals surface area contributed by atoms with Gasteiger partial charge in [-0.2, -0.15) is 0 Å². The molecular weight excluding hydrogens is 222 g/mol. The van der Waals surface area contributed by atoms with Gasteiger partial charge in [-0.15, -0.1) is 11.8 Å². The molecule has 0 aliphatic rings. The van der Waals surface area contributed by atoms with E-state index in [0.29, 0.717) is 0 Å². The summed E-state index contributed by atoms with van der Waals surface area (Å²) in [4.78, 5) is 0. The first-order valence-corrected chi connectivity index (χ1v) is 6.29. The van der Waals surface area contributed by atoms with Crippen molar-refractivity contribution in [2.45, 2.75) is 13.8 Å². The molecule has 0 amide bonds. The smallest absolute Gasteiger partial charge is 0.0722 e. The standard InChI is InChI=1S/C12H15NS2/c1-3-15-12(14)9-10(2)13-11-7-5-4-6-8-11/h4-9,13H,3H2,1-2H3/b10-9-. The summed E-state index contributed by atoms with van der Waals surface area (Å²) in [5.74, 6) is 1.02. The fourth-order valence-corrected chi connectivity index (χ4v) is 2.22. The maximum atomic E-state index is 5.19. The van der Waals surface area contributed by atoms with Gasteiger partial charge in [0.2, 0.25) is 0 Å². The van der Waals surface area contributed by atoms with Crippen molar-refractivity contribution in [1.82, 2.24) is 0 Å². The number of nitrogens with one attached hydrogen (secondary N) is 1. The van der Waals surface area contributed by atoms with Crippen LogP contribution in [0.1, 0.15) is 13.8 Å². The fraction of sp³-hybridized carbons (Fsp3) is 0.250. The van der Waals surface area contributed by atoms with Crippen molar-refractivity contribution in [3.63, 3.8) is 0 Å². The Morgan fingerprint density at radius 3 is 2.67 bits per heavy atom. The number of benzene rings is 1. The Morgan fingerprint density at radius 2 is 2.07 bits per heavy atom. The van der Waals surface area contributed by atoms with Crippen molar-refractivity contribution < 1.29 is 0 Å². The summed E-state index contributed by atoms with van der Waals surface area (Å²) < 4.78 is 0.929. The quantitative estimate of drug-likeness (QED) is 0.626. The Bertz CT molecular complexity index is 344. The normalized spacial score (nSPS) is 11.2. The van der Waals surface area contributed by atoms with Crippen LogP contribution in [0, 0.1) is 0 Å². The Hall–Kier alpha value is -0.800. The number of rotatable bonds is 4. The highest BCUT2D eigenvalue weighted by Gasteiger charge is 1.94. The molecule has 0 aliphatic carbocycles. The zero-order valence-electron chi connectivity index (χ0n) is 8.99. The van der Waals surface area contributed by atoms with Crippen LogP contribution in [0.15, 0.2) is 42.1 Å². The first kappa shape index (κ1) is 12.3. The minimum absolute atomic E-state index is 0.929. The lowest BCUT2D eigenvalue weighted by Crippen LogP contribution is -1.97. The molecule has 1 nitrogen and oxygen atoms in total. The second-order valence-corrected chi connectivity index (χ2v) is 5.07. The molecule has 0 fully saturated rings. The van der Waals surface area contributed by atoms with Gasteiger partial charge in [0.25, 0.3) is 0 Å². The number of hydrogen-bond acceptors (Lipinski definition) is 3. The van der Waals surface area contributed by atoms with E-state index in [1.807, 2.05) is 43.3 Å². The lowest BCUT2D eigenvalue weighted by molar-refractivity contribution is 1.39. The third kappa shape index (κ3) is 5.00. The number of thioether (sulfide) groups is 1. The van der Waals surface area contributed by atoms with Gasteiger partial charge in [0.15, 0.2) is 0 Å². The molecule has 0 heterocycles. The van der Waals surface area contributed by atoms with E-state index in [1.54, 1.807) is 11.8 Å². The van der Waals surface area contributed by atoms with Crippen LogP contribution in [0.4, 0.5) is 5.69 Å². The van der Waals surface area contributed by atoms with E-state index in [0.717, 1.165) is 21.3 Å². The Morgan fingerprint density at radius 1 is 1.40 bits per heavy atom. The van der Waals surface area contributed by atoms with Crippen LogP contribution in [0.5, 0.6) is 0 Å².